The molecule has 9 heteroatoms. The second kappa shape index (κ2) is 7.91. The summed E-state index contributed by atoms with van der Waals surface area (Å²) in [5, 5.41) is 19.6. The molecule has 0 spiro atoms. The molecule has 27 heavy (non-hydrogen) atoms. The Hall–Kier alpha value is -2.68. The van der Waals surface area contributed by atoms with E-state index < -0.39 is 0 Å². The van der Waals surface area contributed by atoms with Crippen molar-refractivity contribution in [3.8, 4) is 5.69 Å². The molecule has 2 heterocycles. The minimum Gasteiger partial charge on any atom is -0.310 e. The first-order valence-corrected chi connectivity index (χ1v) is 9.99. The van der Waals surface area contributed by atoms with E-state index in [1.807, 2.05) is 41.1 Å². The molecule has 8 nitrogen and oxygen atoms in total. The highest BCUT2D eigenvalue weighted by Gasteiger charge is 2.22. The summed E-state index contributed by atoms with van der Waals surface area (Å²) < 4.78 is 3.37. The topological polar surface area (TPSA) is 90.5 Å². The molecular weight excluding hydrogens is 362 g/mol. The average molecular weight is 383 g/mol. The molecule has 0 aliphatic heterocycles. The lowest BCUT2D eigenvalue weighted by Gasteiger charge is -2.08. The fraction of sp³-hybridized carbons (Fsp3) is 0.389. The molecular formula is C18H21N7OS. The number of hydrogen-bond acceptors (Lipinski definition) is 6. The Morgan fingerprint density at radius 3 is 2.74 bits per heavy atom. The van der Waals surface area contributed by atoms with Crippen LogP contribution < -0.4 is 5.32 Å². The van der Waals surface area contributed by atoms with Crippen molar-refractivity contribution in [1.82, 2.24) is 30.0 Å². The van der Waals surface area contributed by atoms with Crippen LogP contribution >= 0.6 is 11.8 Å². The molecule has 2 aromatic heterocycles. The molecule has 1 fully saturated rings. The first-order chi connectivity index (χ1) is 13.2. The maximum atomic E-state index is 12.5. The third-order valence-electron chi connectivity index (χ3n) is 4.68. The summed E-state index contributed by atoms with van der Waals surface area (Å²) in [5.74, 6) is 1.29. The van der Waals surface area contributed by atoms with Gasteiger partial charge in [0.15, 0.2) is 0 Å². The van der Waals surface area contributed by atoms with Gasteiger partial charge in [-0.1, -0.05) is 42.8 Å². The predicted octanol–water partition coefficient (Wildman–Crippen LogP) is 2.78. The van der Waals surface area contributed by atoms with Crippen LogP contribution in [0.5, 0.6) is 0 Å². The van der Waals surface area contributed by atoms with E-state index in [9.17, 15) is 4.79 Å². The van der Waals surface area contributed by atoms with Crippen LogP contribution in [0.4, 0.5) is 5.82 Å². The van der Waals surface area contributed by atoms with Gasteiger partial charge in [0.05, 0.1) is 17.1 Å². The highest BCUT2D eigenvalue weighted by molar-refractivity contribution is 7.99. The fourth-order valence-corrected chi connectivity index (χ4v) is 3.98. The van der Waals surface area contributed by atoms with Crippen LogP contribution in [0.15, 0.2) is 41.6 Å². The van der Waals surface area contributed by atoms with Gasteiger partial charge in [-0.15, -0.1) is 5.10 Å². The van der Waals surface area contributed by atoms with Gasteiger partial charge in [-0.2, -0.15) is 5.10 Å². The van der Waals surface area contributed by atoms with Crippen molar-refractivity contribution in [3.63, 3.8) is 0 Å². The summed E-state index contributed by atoms with van der Waals surface area (Å²) in [4.78, 5) is 12.5. The molecule has 1 N–H and O–H groups in total. The second-order valence-corrected chi connectivity index (χ2v) is 7.55. The van der Waals surface area contributed by atoms with Gasteiger partial charge in [-0.25, -0.2) is 9.36 Å². The van der Waals surface area contributed by atoms with Crippen molar-refractivity contribution in [2.75, 3.05) is 11.1 Å². The monoisotopic (exact) mass is 383 g/mol. The summed E-state index contributed by atoms with van der Waals surface area (Å²) in [6.07, 6.45) is 4.81. The molecule has 1 amide bonds. The number of tetrazole rings is 1. The number of amides is 1. The lowest BCUT2D eigenvalue weighted by molar-refractivity contribution is -0.113. The SMILES string of the molecule is Cn1nnnc1SCC(=O)Nc1cc(C2CCCC2)nn1-c1ccccc1. The zero-order chi connectivity index (χ0) is 18.6. The Kier molecular flexibility index (Phi) is 5.19. The first-order valence-electron chi connectivity index (χ1n) is 9.01. The van der Waals surface area contributed by atoms with E-state index in [0.717, 1.165) is 24.2 Å². The molecule has 1 aromatic carbocycles. The van der Waals surface area contributed by atoms with Crippen LogP contribution in [0.25, 0.3) is 5.69 Å². The molecule has 0 atom stereocenters. The van der Waals surface area contributed by atoms with Crippen LogP contribution in [0.2, 0.25) is 0 Å². The molecule has 0 unspecified atom stereocenters. The van der Waals surface area contributed by atoms with Crippen molar-refractivity contribution in [2.45, 2.75) is 36.8 Å². The third kappa shape index (κ3) is 4.02. The van der Waals surface area contributed by atoms with Crippen molar-refractivity contribution in [2.24, 2.45) is 7.05 Å². The zero-order valence-corrected chi connectivity index (χ0v) is 15.9. The quantitative estimate of drug-likeness (QED) is 0.658. The maximum Gasteiger partial charge on any atom is 0.236 e. The van der Waals surface area contributed by atoms with Crippen molar-refractivity contribution >= 4 is 23.5 Å². The lowest BCUT2D eigenvalue weighted by Crippen LogP contribution is -2.17. The van der Waals surface area contributed by atoms with Gasteiger partial charge in [0.2, 0.25) is 11.1 Å². The van der Waals surface area contributed by atoms with E-state index in [-0.39, 0.29) is 11.7 Å². The van der Waals surface area contributed by atoms with Crippen molar-refractivity contribution in [1.29, 1.82) is 0 Å². The van der Waals surface area contributed by atoms with Crippen LogP contribution in [-0.4, -0.2) is 41.6 Å². The highest BCUT2D eigenvalue weighted by atomic mass is 32.2. The standard InChI is InChI=1S/C18H21N7OS/c1-24-18(20-22-23-24)27-12-17(26)19-16-11-15(13-7-5-6-8-13)21-25(16)14-9-3-2-4-10-14/h2-4,9-11,13H,5-8,12H2,1H3,(H,19,26). The van der Waals surface area contributed by atoms with Gasteiger partial charge in [-0.3, -0.25) is 4.79 Å². The van der Waals surface area contributed by atoms with E-state index in [4.69, 9.17) is 5.10 Å². The number of carbonyl (C=O) groups is 1. The smallest absolute Gasteiger partial charge is 0.236 e. The van der Waals surface area contributed by atoms with Crippen LogP contribution in [-0.2, 0) is 11.8 Å². The Labute approximate surface area is 161 Å². The van der Waals surface area contributed by atoms with Crippen molar-refractivity contribution < 1.29 is 4.79 Å². The van der Waals surface area contributed by atoms with Gasteiger partial charge < -0.3 is 5.32 Å². The largest absolute Gasteiger partial charge is 0.310 e. The summed E-state index contributed by atoms with van der Waals surface area (Å²) in [5.41, 5.74) is 1.99. The predicted molar refractivity (Wildman–Crippen MR) is 103 cm³/mol. The number of carbonyl (C=O) groups excluding carboxylic acids is 1. The van der Waals surface area contributed by atoms with Crippen LogP contribution in [0, 0.1) is 0 Å². The Bertz CT molecular complexity index is 915. The number of nitrogens with zero attached hydrogens (tertiary/aromatic N) is 6. The number of aryl methyl sites for hydroxylation is 1. The average Bonchev–Trinajstić information content (AvgIpc) is 3.42. The van der Waals surface area contributed by atoms with E-state index in [0.29, 0.717) is 16.9 Å². The lowest BCUT2D eigenvalue weighted by atomic mass is 10.0. The number of hydrogen-bond donors (Lipinski definition) is 1. The molecule has 140 valence electrons. The maximum absolute atomic E-state index is 12.5. The minimum absolute atomic E-state index is 0.113. The Morgan fingerprint density at radius 1 is 1.26 bits per heavy atom. The van der Waals surface area contributed by atoms with Crippen LogP contribution in [0.1, 0.15) is 37.3 Å². The van der Waals surface area contributed by atoms with Gasteiger partial charge in [-0.05, 0) is 35.4 Å². The third-order valence-corrected chi connectivity index (χ3v) is 5.69. The van der Waals surface area contributed by atoms with E-state index in [1.165, 1.54) is 24.6 Å². The molecule has 4 rings (SSSR count). The van der Waals surface area contributed by atoms with E-state index >= 15 is 0 Å². The molecule has 1 saturated carbocycles. The minimum atomic E-state index is -0.113. The summed E-state index contributed by atoms with van der Waals surface area (Å²) >= 11 is 1.30. The summed E-state index contributed by atoms with van der Waals surface area (Å²) in [7, 11) is 1.75. The first kappa shape index (κ1) is 17.7. The number of para-hydroxylation sites is 1. The van der Waals surface area contributed by atoms with Gasteiger partial charge in [0.1, 0.15) is 5.82 Å². The second-order valence-electron chi connectivity index (χ2n) is 6.61. The zero-order valence-electron chi connectivity index (χ0n) is 15.1. The summed E-state index contributed by atoms with van der Waals surface area (Å²) in [6.45, 7) is 0. The Balaban J connectivity index is 1.53. The molecule has 1 aliphatic rings. The van der Waals surface area contributed by atoms with Gasteiger partial charge in [0.25, 0.3) is 0 Å². The molecule has 0 saturated heterocycles. The molecule has 0 bridgehead atoms. The van der Waals surface area contributed by atoms with Crippen molar-refractivity contribution in [3.05, 3.63) is 42.1 Å². The molecule has 0 radical (unpaired) electrons. The molecule has 3 aromatic rings. The number of rotatable bonds is 6. The van der Waals surface area contributed by atoms with Gasteiger partial charge >= 0.3 is 0 Å². The number of thioether (sulfide) groups is 1. The van der Waals surface area contributed by atoms with E-state index in [1.54, 1.807) is 11.7 Å². The summed E-state index contributed by atoms with van der Waals surface area (Å²) in [6, 6.07) is 11.9. The number of benzene rings is 1. The Morgan fingerprint density at radius 2 is 2.04 bits per heavy atom. The number of nitrogens with one attached hydrogen (secondary N) is 1. The van der Waals surface area contributed by atoms with Gasteiger partial charge in [0, 0.05) is 19.0 Å². The molecule has 1 aliphatic carbocycles. The number of aromatic nitrogens is 6. The normalized spacial score (nSPS) is 14.6. The fourth-order valence-electron chi connectivity index (χ4n) is 3.33. The number of anilines is 1. The van der Waals surface area contributed by atoms with E-state index in [2.05, 4.69) is 20.8 Å². The van der Waals surface area contributed by atoms with Crippen LogP contribution in [0.3, 0.4) is 0 Å². The highest BCUT2D eigenvalue weighted by Crippen LogP contribution is 2.35.